The van der Waals surface area contributed by atoms with Gasteiger partial charge in [-0.1, -0.05) is 140 Å². The zero-order valence-corrected chi connectivity index (χ0v) is 39.9. The molecular formula is C65H36N4OS2. The van der Waals surface area contributed by atoms with Crippen molar-refractivity contribution in [1.29, 1.82) is 0 Å². The summed E-state index contributed by atoms with van der Waals surface area (Å²) in [7, 11) is 0. The summed E-state index contributed by atoms with van der Waals surface area (Å²) in [6, 6.07) is 78.6. The van der Waals surface area contributed by atoms with Crippen LogP contribution >= 0.6 is 22.7 Å². The summed E-state index contributed by atoms with van der Waals surface area (Å²) >= 11 is 3.60. The van der Waals surface area contributed by atoms with E-state index in [4.69, 9.17) is 19.4 Å². The van der Waals surface area contributed by atoms with Crippen LogP contribution in [0.3, 0.4) is 0 Å². The average Bonchev–Trinajstić information content (AvgIpc) is 4.20. The maximum Gasteiger partial charge on any atom is 0.164 e. The highest BCUT2D eigenvalue weighted by atomic mass is 32.1. The fraction of sp³-hybridized carbons (Fsp3) is 0. The Hall–Kier alpha value is -9.01. The van der Waals surface area contributed by atoms with E-state index in [9.17, 15) is 0 Å². The van der Waals surface area contributed by atoms with Crippen molar-refractivity contribution in [3.63, 3.8) is 0 Å². The maximum atomic E-state index is 6.61. The van der Waals surface area contributed by atoms with Crippen molar-refractivity contribution in [3.8, 4) is 51.0 Å². The first-order valence-corrected chi connectivity index (χ1v) is 25.8. The molecule has 0 fully saturated rings. The number of aromatic nitrogens is 4. The topological polar surface area (TPSA) is 56.7 Å². The van der Waals surface area contributed by atoms with Gasteiger partial charge < -0.3 is 8.98 Å². The average molecular weight is 953 g/mol. The largest absolute Gasteiger partial charge is 0.456 e. The van der Waals surface area contributed by atoms with Crippen molar-refractivity contribution in [2.75, 3.05) is 0 Å². The lowest BCUT2D eigenvalue weighted by atomic mass is 9.95. The predicted octanol–water partition coefficient (Wildman–Crippen LogP) is 18.6. The molecule has 0 spiro atoms. The van der Waals surface area contributed by atoms with Gasteiger partial charge in [0, 0.05) is 84.1 Å². The molecule has 16 rings (SSSR count). The number of nitrogens with zero attached hydrogens (tertiary/aromatic N) is 4. The van der Waals surface area contributed by atoms with Gasteiger partial charge in [-0.15, -0.1) is 22.7 Å². The fourth-order valence-electron chi connectivity index (χ4n) is 11.4. The number of thiophene rings is 2. The molecule has 0 N–H and O–H groups in total. The Morgan fingerprint density at radius 1 is 0.319 bits per heavy atom. The van der Waals surface area contributed by atoms with Gasteiger partial charge in [0.25, 0.3) is 0 Å². The van der Waals surface area contributed by atoms with Crippen molar-refractivity contribution in [2.45, 2.75) is 0 Å². The summed E-state index contributed by atoms with van der Waals surface area (Å²) in [5.41, 5.74) is 9.93. The first-order chi connectivity index (χ1) is 35.7. The molecule has 0 amide bonds. The molecule has 5 aromatic heterocycles. The molecule has 7 heteroatoms. The van der Waals surface area contributed by atoms with E-state index in [-0.39, 0.29) is 0 Å². The minimum Gasteiger partial charge on any atom is -0.456 e. The van der Waals surface area contributed by atoms with E-state index in [0.717, 1.165) is 77.2 Å². The van der Waals surface area contributed by atoms with Crippen LogP contribution in [0, 0.1) is 0 Å². The Balaban J connectivity index is 1.02. The smallest absolute Gasteiger partial charge is 0.164 e. The Kier molecular flexibility index (Phi) is 8.43. The summed E-state index contributed by atoms with van der Waals surface area (Å²) in [4.78, 5) is 16.5. The third kappa shape index (κ3) is 5.89. The van der Waals surface area contributed by atoms with Gasteiger partial charge in [-0.25, -0.2) is 15.0 Å². The molecule has 0 aliphatic heterocycles. The lowest BCUT2D eigenvalue weighted by Gasteiger charge is -2.17. The van der Waals surface area contributed by atoms with Crippen molar-refractivity contribution < 1.29 is 4.42 Å². The highest BCUT2D eigenvalue weighted by Gasteiger charge is 2.24. The second kappa shape index (κ2) is 15.2. The van der Waals surface area contributed by atoms with Crippen LogP contribution in [-0.4, -0.2) is 19.5 Å². The maximum absolute atomic E-state index is 6.61. The van der Waals surface area contributed by atoms with Gasteiger partial charge in [0.1, 0.15) is 11.2 Å². The Bertz CT molecular complexity index is 4730. The lowest BCUT2D eigenvalue weighted by Crippen LogP contribution is -2.02. The van der Waals surface area contributed by atoms with E-state index in [1.165, 1.54) is 61.9 Å². The van der Waals surface area contributed by atoms with E-state index < -0.39 is 0 Å². The van der Waals surface area contributed by atoms with E-state index in [2.05, 4.69) is 217 Å². The van der Waals surface area contributed by atoms with Crippen LogP contribution in [0.4, 0.5) is 0 Å². The number of hydrogen-bond acceptors (Lipinski definition) is 6. The van der Waals surface area contributed by atoms with Gasteiger partial charge in [-0.05, 0) is 106 Å². The Morgan fingerprint density at radius 3 is 1.40 bits per heavy atom. The van der Waals surface area contributed by atoms with Crippen molar-refractivity contribution in [2.24, 2.45) is 0 Å². The molecule has 0 saturated heterocycles. The summed E-state index contributed by atoms with van der Waals surface area (Å²) < 4.78 is 13.9. The molecule has 0 atom stereocenters. The molecule has 0 bridgehead atoms. The monoisotopic (exact) mass is 952 g/mol. The number of para-hydroxylation sites is 1. The minimum absolute atomic E-state index is 0.597. The molecule has 11 aromatic carbocycles. The van der Waals surface area contributed by atoms with Gasteiger partial charge in [-0.2, -0.15) is 0 Å². The van der Waals surface area contributed by atoms with E-state index in [1.54, 1.807) is 22.7 Å². The molecular weight excluding hydrogens is 917 g/mol. The van der Waals surface area contributed by atoms with Crippen LogP contribution in [0.25, 0.3) is 157 Å². The quantitative estimate of drug-likeness (QED) is 0.172. The van der Waals surface area contributed by atoms with Crippen LogP contribution in [0.5, 0.6) is 0 Å². The molecule has 5 heterocycles. The number of fused-ring (bicyclic) bond motifs is 14. The van der Waals surface area contributed by atoms with E-state index >= 15 is 0 Å². The van der Waals surface area contributed by atoms with Crippen LogP contribution in [0.1, 0.15) is 0 Å². The number of rotatable bonds is 5. The molecule has 0 aliphatic carbocycles. The first-order valence-electron chi connectivity index (χ1n) is 24.2. The van der Waals surface area contributed by atoms with Gasteiger partial charge in [0.2, 0.25) is 0 Å². The standard InChI is InChI=1S/C65H36N4OS2/c1-3-16-39-35-52-49(32-37(39)14-1)50-33-38-15-2-4-17-40(38)36-53(50)69(52)51-31-30-41(34-48(51)42-21-11-25-55-60(42)43-18-5-8-24-54(43)70-55)63-66-64(46-22-12-28-58-61(46)44-19-6-9-26-56(44)71-58)68-65(67-63)47-23-13-29-59-62(47)45-20-7-10-27-57(45)72-59/h1-36H. The van der Waals surface area contributed by atoms with E-state index in [0.29, 0.717) is 17.5 Å². The van der Waals surface area contributed by atoms with Crippen LogP contribution in [-0.2, 0) is 0 Å². The number of benzene rings is 11. The summed E-state index contributed by atoms with van der Waals surface area (Å²) in [5, 5.41) is 14.0. The second-order valence-corrected chi connectivity index (χ2v) is 20.8. The number of furan rings is 1. The predicted molar refractivity (Wildman–Crippen MR) is 304 cm³/mol. The van der Waals surface area contributed by atoms with Crippen molar-refractivity contribution in [1.82, 2.24) is 19.5 Å². The molecule has 16 aromatic rings. The molecule has 72 heavy (non-hydrogen) atoms. The summed E-state index contributed by atoms with van der Waals surface area (Å²) in [6.45, 7) is 0. The van der Waals surface area contributed by atoms with Gasteiger partial charge >= 0.3 is 0 Å². The fourth-order valence-corrected chi connectivity index (χ4v) is 13.7. The van der Waals surface area contributed by atoms with Gasteiger partial charge in [0.05, 0.1) is 16.7 Å². The minimum atomic E-state index is 0.597. The van der Waals surface area contributed by atoms with E-state index in [1.807, 2.05) is 6.07 Å². The molecule has 0 radical (unpaired) electrons. The third-order valence-electron chi connectivity index (χ3n) is 14.6. The summed E-state index contributed by atoms with van der Waals surface area (Å²) in [5.74, 6) is 1.87. The third-order valence-corrected chi connectivity index (χ3v) is 16.9. The van der Waals surface area contributed by atoms with Crippen molar-refractivity contribution in [3.05, 3.63) is 218 Å². The SMILES string of the molecule is c1ccc2cc3c(cc2c1)c1cc2ccccc2cc1n3-c1ccc(-c2nc(-c3cccc4sc5ccccc5c34)nc(-c3cccc4sc5ccccc5c34)n2)cc1-c1cccc2oc3ccccc3c12. The zero-order valence-electron chi connectivity index (χ0n) is 38.3. The zero-order chi connectivity index (χ0) is 47.0. The first kappa shape index (κ1) is 39.8. The molecule has 0 unspecified atom stereocenters. The molecule has 334 valence electrons. The highest BCUT2D eigenvalue weighted by molar-refractivity contribution is 7.26. The number of hydrogen-bond donors (Lipinski definition) is 0. The summed E-state index contributed by atoms with van der Waals surface area (Å²) in [6.07, 6.45) is 0. The van der Waals surface area contributed by atoms with Crippen molar-refractivity contribution >= 4 is 128 Å². The highest BCUT2D eigenvalue weighted by Crippen LogP contribution is 2.46. The molecule has 0 saturated carbocycles. The Morgan fingerprint density at radius 2 is 0.792 bits per heavy atom. The molecule has 5 nitrogen and oxygen atoms in total. The Labute approximate surface area is 419 Å². The van der Waals surface area contributed by atoms with Crippen LogP contribution < -0.4 is 0 Å². The molecule has 0 aliphatic rings. The van der Waals surface area contributed by atoms with Gasteiger partial charge in [-0.3, -0.25) is 0 Å². The van der Waals surface area contributed by atoms with Crippen LogP contribution in [0.15, 0.2) is 223 Å². The van der Waals surface area contributed by atoms with Crippen LogP contribution in [0.2, 0.25) is 0 Å². The van der Waals surface area contributed by atoms with Gasteiger partial charge in [0.15, 0.2) is 17.5 Å². The second-order valence-electron chi connectivity index (χ2n) is 18.6. The lowest BCUT2D eigenvalue weighted by molar-refractivity contribution is 0.669. The normalized spacial score (nSPS) is 12.2.